The van der Waals surface area contributed by atoms with Crippen LogP contribution < -0.4 is 4.74 Å². The molecule has 0 amide bonds. The lowest BCUT2D eigenvalue weighted by Gasteiger charge is -2.03. The van der Waals surface area contributed by atoms with Crippen LogP contribution in [0, 0.1) is 18.8 Å². The van der Waals surface area contributed by atoms with Gasteiger partial charge >= 0.3 is 0 Å². The Bertz CT molecular complexity index is 388. The second kappa shape index (κ2) is 5.03. The molecule has 1 rings (SSSR count). The summed E-state index contributed by atoms with van der Waals surface area (Å²) in [7, 11) is 0. The Morgan fingerprint density at radius 1 is 1.64 bits per heavy atom. The zero-order chi connectivity index (χ0) is 10.4. The average Bonchev–Trinajstić information content (AvgIpc) is 2.18. The molecule has 0 N–H and O–H groups in total. The largest absolute Gasteiger partial charge is 0.479 e. The maximum atomic E-state index is 10.5. The Kier molecular flexibility index (Phi) is 3.69. The highest BCUT2D eigenvalue weighted by molar-refractivity contribution is 5.74. The quantitative estimate of drug-likeness (QED) is 0.535. The van der Waals surface area contributed by atoms with E-state index in [0.717, 1.165) is 11.8 Å². The molecule has 0 aliphatic rings. The molecule has 0 saturated heterocycles. The predicted octanol–water partition coefficient (Wildman–Crippen LogP) is 1.60. The van der Waals surface area contributed by atoms with E-state index in [2.05, 4.69) is 16.8 Å². The van der Waals surface area contributed by atoms with Gasteiger partial charge in [0.2, 0.25) is 0 Å². The van der Waals surface area contributed by atoms with Crippen molar-refractivity contribution < 1.29 is 9.53 Å². The van der Waals surface area contributed by atoms with Gasteiger partial charge in [-0.1, -0.05) is 5.92 Å². The molecule has 72 valence electrons. The molecule has 0 saturated carbocycles. The van der Waals surface area contributed by atoms with Crippen molar-refractivity contribution >= 4 is 6.29 Å². The molecular formula is C11H11NO2. The highest BCUT2D eigenvalue weighted by Gasteiger charge is 2.00. The Hall–Kier alpha value is -1.82. The van der Waals surface area contributed by atoms with Gasteiger partial charge in [-0.05, 0) is 25.5 Å². The first-order chi connectivity index (χ1) is 6.77. The predicted molar refractivity (Wildman–Crippen MR) is 53.3 cm³/mol. The first-order valence-corrected chi connectivity index (χ1v) is 4.22. The average molecular weight is 189 g/mol. The minimum atomic E-state index is 0.345. The summed E-state index contributed by atoms with van der Waals surface area (Å²) in [5.41, 5.74) is 1.25. The molecule has 0 spiro atoms. The highest BCUT2D eigenvalue weighted by Crippen LogP contribution is 2.12. The molecule has 0 atom stereocenters. The molecule has 1 aromatic rings. The van der Waals surface area contributed by atoms with Gasteiger partial charge in [0.1, 0.15) is 18.1 Å². The van der Waals surface area contributed by atoms with Crippen molar-refractivity contribution in [3.05, 3.63) is 23.5 Å². The van der Waals surface area contributed by atoms with Gasteiger partial charge in [-0.25, -0.2) is 4.98 Å². The van der Waals surface area contributed by atoms with Gasteiger partial charge in [0.05, 0.1) is 6.20 Å². The number of rotatable bonds is 3. The maximum Gasteiger partial charge on any atom is 0.168 e. The first-order valence-electron chi connectivity index (χ1n) is 4.22. The van der Waals surface area contributed by atoms with Crippen LogP contribution in [0.5, 0.6) is 5.75 Å². The molecule has 0 radical (unpaired) electrons. The van der Waals surface area contributed by atoms with Crippen molar-refractivity contribution in [2.24, 2.45) is 0 Å². The van der Waals surface area contributed by atoms with Crippen LogP contribution >= 0.6 is 0 Å². The Morgan fingerprint density at radius 3 is 3.00 bits per heavy atom. The molecule has 0 aliphatic heterocycles. The first kappa shape index (κ1) is 10.3. The summed E-state index contributed by atoms with van der Waals surface area (Å²) in [4.78, 5) is 14.4. The number of hydrogen-bond acceptors (Lipinski definition) is 3. The smallest absolute Gasteiger partial charge is 0.168 e. The number of ether oxygens (including phenoxy) is 1. The van der Waals surface area contributed by atoms with Gasteiger partial charge in [-0.15, -0.1) is 5.92 Å². The van der Waals surface area contributed by atoms with Gasteiger partial charge in [0, 0.05) is 0 Å². The SMILES string of the molecule is CC#CCOc1cnc(C=O)c(C)c1. The van der Waals surface area contributed by atoms with Crippen LogP contribution in [-0.2, 0) is 0 Å². The third-order valence-corrected chi connectivity index (χ3v) is 1.69. The third kappa shape index (κ3) is 2.60. The van der Waals surface area contributed by atoms with E-state index in [0.29, 0.717) is 18.1 Å². The van der Waals surface area contributed by atoms with E-state index >= 15 is 0 Å². The number of carbonyl (C=O) groups excluding carboxylic acids is 1. The number of aldehydes is 1. The molecule has 0 bridgehead atoms. The number of carbonyl (C=O) groups is 1. The lowest BCUT2D eigenvalue weighted by molar-refractivity contribution is 0.111. The fourth-order valence-corrected chi connectivity index (χ4v) is 0.953. The second-order valence-corrected chi connectivity index (χ2v) is 2.71. The standard InChI is InChI=1S/C11H11NO2/c1-3-4-5-14-10-6-9(2)11(8-13)12-7-10/h6-8H,5H2,1-2H3. The Labute approximate surface area is 83.1 Å². The zero-order valence-corrected chi connectivity index (χ0v) is 8.20. The van der Waals surface area contributed by atoms with Crippen molar-refractivity contribution in [1.82, 2.24) is 4.98 Å². The molecule has 3 nitrogen and oxygen atoms in total. The Morgan fingerprint density at radius 2 is 2.43 bits per heavy atom. The van der Waals surface area contributed by atoms with Crippen LogP contribution in [0.3, 0.4) is 0 Å². The lowest BCUT2D eigenvalue weighted by atomic mass is 10.2. The van der Waals surface area contributed by atoms with E-state index in [9.17, 15) is 4.79 Å². The molecular weight excluding hydrogens is 178 g/mol. The summed E-state index contributed by atoms with van der Waals surface area (Å²) in [6.45, 7) is 3.91. The van der Waals surface area contributed by atoms with Gasteiger partial charge in [-0.3, -0.25) is 4.79 Å². The summed E-state index contributed by atoms with van der Waals surface area (Å²) in [6.07, 6.45) is 2.25. The minimum absolute atomic E-state index is 0.345. The molecule has 1 aromatic heterocycles. The summed E-state index contributed by atoms with van der Waals surface area (Å²) >= 11 is 0. The number of pyridine rings is 1. The zero-order valence-electron chi connectivity index (χ0n) is 8.20. The molecule has 14 heavy (non-hydrogen) atoms. The monoisotopic (exact) mass is 189 g/mol. The van der Waals surface area contributed by atoms with Gasteiger partial charge in [0.25, 0.3) is 0 Å². The molecule has 0 aliphatic carbocycles. The molecule has 0 unspecified atom stereocenters. The van der Waals surface area contributed by atoms with Crippen LogP contribution in [0.15, 0.2) is 12.3 Å². The van der Waals surface area contributed by atoms with E-state index in [1.165, 1.54) is 6.20 Å². The second-order valence-electron chi connectivity index (χ2n) is 2.71. The molecule has 0 aromatic carbocycles. The number of nitrogens with zero attached hydrogens (tertiary/aromatic N) is 1. The molecule has 3 heteroatoms. The van der Waals surface area contributed by atoms with Crippen LogP contribution in [0.25, 0.3) is 0 Å². The van der Waals surface area contributed by atoms with E-state index < -0.39 is 0 Å². The van der Waals surface area contributed by atoms with Crippen molar-refractivity contribution in [3.8, 4) is 17.6 Å². The van der Waals surface area contributed by atoms with Crippen LogP contribution in [0.1, 0.15) is 23.0 Å². The normalized spacial score (nSPS) is 8.71. The minimum Gasteiger partial charge on any atom is -0.479 e. The van der Waals surface area contributed by atoms with Crippen LogP contribution in [-0.4, -0.2) is 17.9 Å². The summed E-state index contributed by atoms with van der Waals surface area (Å²) in [5.74, 6) is 6.13. The number of hydrogen-bond donors (Lipinski definition) is 0. The fourth-order valence-electron chi connectivity index (χ4n) is 0.953. The van der Waals surface area contributed by atoms with Gasteiger partial charge in [-0.2, -0.15) is 0 Å². The number of aryl methyl sites for hydroxylation is 1. The lowest BCUT2D eigenvalue weighted by Crippen LogP contribution is -1.97. The van der Waals surface area contributed by atoms with Gasteiger partial charge < -0.3 is 4.74 Å². The summed E-state index contributed by atoms with van der Waals surface area (Å²) in [6, 6.07) is 1.77. The van der Waals surface area contributed by atoms with E-state index in [-0.39, 0.29) is 0 Å². The Balaban J connectivity index is 2.74. The van der Waals surface area contributed by atoms with Crippen molar-refractivity contribution in [3.63, 3.8) is 0 Å². The van der Waals surface area contributed by atoms with Crippen LogP contribution in [0.4, 0.5) is 0 Å². The third-order valence-electron chi connectivity index (χ3n) is 1.69. The van der Waals surface area contributed by atoms with E-state index in [1.54, 1.807) is 13.0 Å². The topological polar surface area (TPSA) is 39.2 Å². The summed E-state index contributed by atoms with van der Waals surface area (Å²) in [5, 5.41) is 0. The maximum absolute atomic E-state index is 10.5. The highest BCUT2D eigenvalue weighted by atomic mass is 16.5. The van der Waals surface area contributed by atoms with E-state index in [4.69, 9.17) is 4.74 Å². The summed E-state index contributed by atoms with van der Waals surface area (Å²) < 4.78 is 5.27. The van der Waals surface area contributed by atoms with Crippen molar-refractivity contribution in [2.75, 3.05) is 6.61 Å². The fraction of sp³-hybridized carbons (Fsp3) is 0.273. The molecule has 0 fully saturated rings. The van der Waals surface area contributed by atoms with Crippen LogP contribution in [0.2, 0.25) is 0 Å². The number of aromatic nitrogens is 1. The van der Waals surface area contributed by atoms with E-state index in [1.807, 2.05) is 6.92 Å². The van der Waals surface area contributed by atoms with Gasteiger partial charge in [0.15, 0.2) is 6.29 Å². The van der Waals surface area contributed by atoms with Crippen molar-refractivity contribution in [2.45, 2.75) is 13.8 Å². The molecule has 1 heterocycles. The van der Waals surface area contributed by atoms with Crippen molar-refractivity contribution in [1.29, 1.82) is 0 Å².